The average molecular weight is 351 g/mol. The van der Waals surface area contributed by atoms with Crippen molar-refractivity contribution in [2.45, 2.75) is 44.0 Å². The van der Waals surface area contributed by atoms with E-state index in [0.717, 1.165) is 19.3 Å². The molecule has 21 heavy (non-hydrogen) atoms. The largest absolute Gasteiger partial charge is 0.326 e. The minimum Gasteiger partial charge on any atom is -0.326 e. The lowest BCUT2D eigenvalue weighted by Gasteiger charge is -2.37. The third-order valence-corrected chi connectivity index (χ3v) is 6.40. The molecule has 1 fully saturated rings. The highest BCUT2D eigenvalue weighted by Crippen LogP contribution is 2.27. The summed E-state index contributed by atoms with van der Waals surface area (Å²) in [6.45, 7) is 2.40. The maximum absolute atomic E-state index is 12.7. The monoisotopic (exact) mass is 350 g/mol. The number of nitrogens with two attached hydrogens (primary N) is 1. The molecule has 0 aliphatic carbocycles. The van der Waals surface area contributed by atoms with Crippen LogP contribution in [0.5, 0.6) is 0 Å². The van der Waals surface area contributed by atoms with Gasteiger partial charge in [-0.3, -0.25) is 0 Å². The van der Waals surface area contributed by atoms with E-state index in [1.807, 2.05) is 6.92 Å². The summed E-state index contributed by atoms with van der Waals surface area (Å²) in [6.07, 6.45) is 2.72. The summed E-state index contributed by atoms with van der Waals surface area (Å²) in [4.78, 5) is 0. The van der Waals surface area contributed by atoms with E-state index in [4.69, 9.17) is 28.9 Å². The van der Waals surface area contributed by atoms with Crippen LogP contribution in [0.25, 0.3) is 0 Å². The molecule has 1 saturated heterocycles. The van der Waals surface area contributed by atoms with Crippen LogP contribution in [-0.4, -0.2) is 31.4 Å². The fraction of sp³-hybridized carbons (Fsp3) is 0.571. The zero-order chi connectivity index (χ0) is 15.6. The second-order valence-electron chi connectivity index (χ2n) is 5.54. The van der Waals surface area contributed by atoms with Gasteiger partial charge in [-0.05, 0) is 37.5 Å². The van der Waals surface area contributed by atoms with Crippen molar-refractivity contribution < 1.29 is 8.42 Å². The van der Waals surface area contributed by atoms with Gasteiger partial charge in [-0.1, -0.05) is 35.7 Å². The SMILES string of the molecule is CC(N)C1CCCCN1S(=O)(=O)Cc1ccc(Cl)c(Cl)c1. The molecule has 118 valence electrons. The van der Waals surface area contributed by atoms with Gasteiger partial charge in [-0.2, -0.15) is 4.31 Å². The number of rotatable bonds is 4. The van der Waals surface area contributed by atoms with E-state index < -0.39 is 10.0 Å². The van der Waals surface area contributed by atoms with E-state index in [9.17, 15) is 8.42 Å². The average Bonchev–Trinajstić information content (AvgIpc) is 2.42. The second kappa shape index (κ2) is 6.84. The zero-order valence-corrected chi connectivity index (χ0v) is 14.3. The fourth-order valence-electron chi connectivity index (χ4n) is 2.72. The van der Waals surface area contributed by atoms with E-state index in [1.54, 1.807) is 22.5 Å². The first-order valence-electron chi connectivity index (χ1n) is 7.00. The molecule has 2 atom stereocenters. The van der Waals surface area contributed by atoms with Gasteiger partial charge in [0.1, 0.15) is 0 Å². The van der Waals surface area contributed by atoms with E-state index in [0.29, 0.717) is 22.2 Å². The van der Waals surface area contributed by atoms with Crippen LogP contribution in [0, 0.1) is 0 Å². The third-order valence-electron chi connectivity index (χ3n) is 3.80. The van der Waals surface area contributed by atoms with Gasteiger partial charge in [-0.25, -0.2) is 8.42 Å². The van der Waals surface area contributed by atoms with Crippen molar-refractivity contribution in [3.8, 4) is 0 Å². The fourth-order valence-corrected chi connectivity index (χ4v) is 4.93. The quantitative estimate of drug-likeness (QED) is 0.907. The van der Waals surface area contributed by atoms with Crippen LogP contribution in [0.3, 0.4) is 0 Å². The van der Waals surface area contributed by atoms with Gasteiger partial charge in [-0.15, -0.1) is 0 Å². The number of hydrogen-bond acceptors (Lipinski definition) is 3. The van der Waals surface area contributed by atoms with Gasteiger partial charge in [0.15, 0.2) is 0 Å². The van der Waals surface area contributed by atoms with Gasteiger partial charge in [0.2, 0.25) is 10.0 Å². The minimum atomic E-state index is -3.41. The molecule has 1 aliphatic rings. The predicted octanol–water partition coefficient (Wildman–Crippen LogP) is 3.02. The Morgan fingerprint density at radius 3 is 2.67 bits per heavy atom. The maximum Gasteiger partial charge on any atom is 0.218 e. The van der Waals surface area contributed by atoms with E-state index in [-0.39, 0.29) is 17.8 Å². The Bertz CT molecular complexity index is 605. The Hall–Kier alpha value is -0.330. The molecule has 0 amide bonds. The van der Waals surface area contributed by atoms with Crippen LogP contribution in [-0.2, 0) is 15.8 Å². The summed E-state index contributed by atoms with van der Waals surface area (Å²) in [6, 6.07) is 4.62. The molecule has 1 aromatic rings. The van der Waals surface area contributed by atoms with Crippen molar-refractivity contribution in [3.63, 3.8) is 0 Å². The van der Waals surface area contributed by atoms with Crippen molar-refractivity contribution in [1.29, 1.82) is 0 Å². The lowest BCUT2D eigenvalue weighted by molar-refractivity contribution is 0.227. The van der Waals surface area contributed by atoms with Crippen LogP contribution >= 0.6 is 23.2 Å². The van der Waals surface area contributed by atoms with E-state index >= 15 is 0 Å². The number of piperidine rings is 1. The Morgan fingerprint density at radius 1 is 1.33 bits per heavy atom. The van der Waals surface area contributed by atoms with E-state index in [1.165, 1.54) is 0 Å². The number of hydrogen-bond donors (Lipinski definition) is 1. The molecule has 1 aromatic carbocycles. The van der Waals surface area contributed by atoms with Gasteiger partial charge < -0.3 is 5.73 Å². The lowest BCUT2D eigenvalue weighted by Crippen LogP contribution is -2.51. The predicted molar refractivity (Wildman–Crippen MR) is 87.1 cm³/mol. The summed E-state index contributed by atoms with van der Waals surface area (Å²) in [5.41, 5.74) is 6.58. The smallest absolute Gasteiger partial charge is 0.218 e. The van der Waals surface area contributed by atoms with Crippen LogP contribution in [0.4, 0.5) is 0 Å². The number of sulfonamides is 1. The summed E-state index contributed by atoms with van der Waals surface area (Å²) in [5, 5.41) is 0.788. The molecular formula is C14H20Cl2N2O2S. The third kappa shape index (κ3) is 4.11. The molecular weight excluding hydrogens is 331 g/mol. The van der Waals surface area contributed by atoms with Gasteiger partial charge in [0, 0.05) is 18.6 Å². The number of nitrogens with zero attached hydrogens (tertiary/aromatic N) is 1. The Kier molecular flexibility index (Phi) is 5.54. The molecule has 1 heterocycles. The van der Waals surface area contributed by atoms with Gasteiger partial charge >= 0.3 is 0 Å². The van der Waals surface area contributed by atoms with Crippen molar-refractivity contribution in [1.82, 2.24) is 4.31 Å². The van der Waals surface area contributed by atoms with Crippen molar-refractivity contribution in [3.05, 3.63) is 33.8 Å². The van der Waals surface area contributed by atoms with Crippen LogP contribution < -0.4 is 5.73 Å². The topological polar surface area (TPSA) is 63.4 Å². The maximum atomic E-state index is 12.7. The molecule has 2 unspecified atom stereocenters. The Morgan fingerprint density at radius 2 is 2.05 bits per heavy atom. The molecule has 0 saturated carbocycles. The molecule has 2 rings (SSSR count). The van der Waals surface area contributed by atoms with Crippen molar-refractivity contribution in [2.75, 3.05) is 6.54 Å². The normalized spacial score (nSPS) is 22.2. The molecule has 0 radical (unpaired) electrons. The van der Waals surface area contributed by atoms with Crippen molar-refractivity contribution in [2.24, 2.45) is 5.73 Å². The molecule has 1 aliphatic heterocycles. The van der Waals surface area contributed by atoms with Crippen LogP contribution in [0.15, 0.2) is 18.2 Å². The minimum absolute atomic E-state index is 0.0763. The van der Waals surface area contributed by atoms with Gasteiger partial charge in [0.25, 0.3) is 0 Å². The summed E-state index contributed by atoms with van der Waals surface area (Å²) in [7, 11) is -3.41. The first-order valence-corrected chi connectivity index (χ1v) is 9.37. The summed E-state index contributed by atoms with van der Waals surface area (Å²) < 4.78 is 26.9. The summed E-state index contributed by atoms with van der Waals surface area (Å²) in [5.74, 6) is -0.0763. The van der Waals surface area contributed by atoms with Gasteiger partial charge in [0.05, 0.1) is 15.8 Å². The highest BCUT2D eigenvalue weighted by Gasteiger charge is 2.34. The van der Waals surface area contributed by atoms with Crippen LogP contribution in [0.1, 0.15) is 31.7 Å². The van der Waals surface area contributed by atoms with Crippen molar-refractivity contribution >= 4 is 33.2 Å². The molecule has 0 aromatic heterocycles. The molecule has 4 nitrogen and oxygen atoms in total. The molecule has 2 N–H and O–H groups in total. The Balaban J connectivity index is 2.22. The second-order valence-corrected chi connectivity index (χ2v) is 8.27. The van der Waals surface area contributed by atoms with E-state index in [2.05, 4.69) is 0 Å². The van der Waals surface area contributed by atoms with Crippen LogP contribution in [0.2, 0.25) is 10.0 Å². The zero-order valence-electron chi connectivity index (χ0n) is 11.9. The Labute approximate surface area is 136 Å². The molecule has 0 bridgehead atoms. The molecule has 7 heteroatoms. The first-order chi connectivity index (χ1) is 9.81. The highest BCUT2D eigenvalue weighted by atomic mass is 35.5. The number of halogens is 2. The standard InChI is InChI=1S/C14H20Cl2N2O2S/c1-10(17)14-4-2-3-7-18(14)21(19,20)9-11-5-6-12(15)13(16)8-11/h5-6,8,10,14H,2-4,7,9,17H2,1H3. The lowest BCUT2D eigenvalue weighted by atomic mass is 10.00. The highest BCUT2D eigenvalue weighted by molar-refractivity contribution is 7.88. The summed E-state index contributed by atoms with van der Waals surface area (Å²) >= 11 is 11.8. The molecule has 0 spiro atoms. The first kappa shape index (κ1) is 17.0. The number of benzene rings is 1.